The van der Waals surface area contributed by atoms with E-state index in [1.54, 1.807) is 18.3 Å². The molecule has 1 atom stereocenters. The van der Waals surface area contributed by atoms with E-state index >= 15 is 0 Å². The molecular formula is C14H17BrFN3. The lowest BCUT2D eigenvalue weighted by Gasteiger charge is -2.18. The summed E-state index contributed by atoms with van der Waals surface area (Å²) in [6.45, 7) is 2.89. The highest BCUT2D eigenvalue weighted by Gasteiger charge is 2.17. The number of rotatable bonds is 5. The number of aryl methyl sites for hydroxylation is 1. The van der Waals surface area contributed by atoms with Crippen LogP contribution in [-0.4, -0.2) is 16.1 Å². The second-order valence-electron chi connectivity index (χ2n) is 4.45. The van der Waals surface area contributed by atoms with E-state index in [1.165, 1.54) is 6.07 Å². The van der Waals surface area contributed by atoms with Crippen molar-refractivity contribution in [1.82, 2.24) is 14.9 Å². The number of hydrogen-bond acceptors (Lipinski definition) is 2. The van der Waals surface area contributed by atoms with Gasteiger partial charge in [0.1, 0.15) is 11.6 Å². The fraction of sp³-hybridized carbons (Fsp3) is 0.357. The Hall–Kier alpha value is -1.20. The molecule has 1 aromatic carbocycles. The van der Waals surface area contributed by atoms with Gasteiger partial charge in [-0.3, -0.25) is 0 Å². The van der Waals surface area contributed by atoms with Gasteiger partial charge in [0.15, 0.2) is 0 Å². The number of benzene rings is 1. The number of halogens is 2. The maximum atomic E-state index is 13.3. The van der Waals surface area contributed by atoms with Crippen molar-refractivity contribution in [3.05, 3.63) is 52.3 Å². The predicted molar refractivity (Wildman–Crippen MR) is 77.4 cm³/mol. The van der Waals surface area contributed by atoms with E-state index in [-0.39, 0.29) is 11.9 Å². The number of nitrogens with one attached hydrogen (secondary N) is 1. The van der Waals surface area contributed by atoms with Gasteiger partial charge in [-0.05, 0) is 36.7 Å². The van der Waals surface area contributed by atoms with Crippen LogP contribution in [0.15, 0.2) is 35.1 Å². The Balaban J connectivity index is 2.26. The van der Waals surface area contributed by atoms with Crippen LogP contribution in [0.5, 0.6) is 0 Å². The Morgan fingerprint density at radius 2 is 2.26 bits per heavy atom. The Morgan fingerprint density at radius 3 is 2.89 bits per heavy atom. The molecular weight excluding hydrogens is 309 g/mol. The minimum atomic E-state index is -0.215. The van der Waals surface area contributed by atoms with Crippen molar-refractivity contribution in [2.45, 2.75) is 19.4 Å². The largest absolute Gasteiger partial charge is 0.337 e. The number of nitrogens with zero attached hydrogens (tertiary/aromatic N) is 2. The van der Waals surface area contributed by atoms with E-state index < -0.39 is 0 Å². The first-order valence-electron chi connectivity index (χ1n) is 6.26. The van der Waals surface area contributed by atoms with Crippen molar-refractivity contribution in [3.63, 3.8) is 0 Å². The van der Waals surface area contributed by atoms with Crippen LogP contribution in [-0.2, 0) is 13.5 Å². The average Bonchev–Trinajstić information content (AvgIpc) is 2.79. The van der Waals surface area contributed by atoms with Gasteiger partial charge >= 0.3 is 0 Å². The van der Waals surface area contributed by atoms with Gasteiger partial charge in [0.05, 0.1) is 6.04 Å². The lowest BCUT2D eigenvalue weighted by Crippen LogP contribution is -2.25. The number of likely N-dealkylation sites (N-methyl/N-ethyl adjacent to an activating group) is 1. The summed E-state index contributed by atoms with van der Waals surface area (Å²) < 4.78 is 16.3. The first-order valence-corrected chi connectivity index (χ1v) is 7.05. The normalized spacial score (nSPS) is 12.6. The molecule has 0 spiro atoms. The smallest absolute Gasteiger partial charge is 0.125 e. The van der Waals surface area contributed by atoms with Crippen molar-refractivity contribution < 1.29 is 4.39 Å². The monoisotopic (exact) mass is 325 g/mol. The summed E-state index contributed by atoms with van der Waals surface area (Å²) in [5, 5.41) is 3.39. The lowest BCUT2D eigenvalue weighted by atomic mass is 10.1. The number of imidazole rings is 1. The van der Waals surface area contributed by atoms with Crippen molar-refractivity contribution in [3.8, 4) is 0 Å². The first-order chi connectivity index (χ1) is 9.11. The summed E-state index contributed by atoms with van der Waals surface area (Å²) in [4.78, 5) is 4.37. The fourth-order valence-electron chi connectivity index (χ4n) is 2.13. The van der Waals surface area contributed by atoms with Gasteiger partial charge in [-0.25, -0.2) is 9.37 Å². The lowest BCUT2D eigenvalue weighted by molar-refractivity contribution is 0.504. The van der Waals surface area contributed by atoms with Crippen LogP contribution in [0.1, 0.15) is 24.4 Å². The molecule has 1 aromatic heterocycles. The highest BCUT2D eigenvalue weighted by molar-refractivity contribution is 9.10. The third-order valence-electron chi connectivity index (χ3n) is 3.05. The van der Waals surface area contributed by atoms with Crippen molar-refractivity contribution in [2.24, 2.45) is 7.05 Å². The van der Waals surface area contributed by atoms with Gasteiger partial charge in [-0.1, -0.05) is 22.9 Å². The summed E-state index contributed by atoms with van der Waals surface area (Å²) in [5.74, 6) is 0.742. The zero-order valence-electron chi connectivity index (χ0n) is 11.0. The topological polar surface area (TPSA) is 29.9 Å². The zero-order valence-corrected chi connectivity index (χ0v) is 12.6. The predicted octanol–water partition coefficient (Wildman–Crippen LogP) is 3.22. The maximum absolute atomic E-state index is 13.3. The van der Waals surface area contributed by atoms with Gasteiger partial charge < -0.3 is 9.88 Å². The Morgan fingerprint density at radius 1 is 1.47 bits per heavy atom. The summed E-state index contributed by atoms with van der Waals surface area (Å²) in [7, 11) is 1.97. The van der Waals surface area contributed by atoms with E-state index in [9.17, 15) is 4.39 Å². The second-order valence-corrected chi connectivity index (χ2v) is 5.30. The third-order valence-corrected chi connectivity index (χ3v) is 3.83. The van der Waals surface area contributed by atoms with E-state index in [1.807, 2.05) is 17.8 Å². The molecule has 0 aliphatic rings. The molecule has 1 N–H and O–H groups in total. The molecule has 2 aromatic rings. The second kappa shape index (κ2) is 6.30. The Bertz CT molecular complexity index is 553. The highest BCUT2D eigenvalue weighted by atomic mass is 79.9. The maximum Gasteiger partial charge on any atom is 0.125 e. The van der Waals surface area contributed by atoms with Crippen LogP contribution in [0.3, 0.4) is 0 Å². The van der Waals surface area contributed by atoms with E-state index in [4.69, 9.17) is 0 Å². The quantitative estimate of drug-likeness (QED) is 0.914. The molecule has 0 radical (unpaired) electrons. The van der Waals surface area contributed by atoms with Crippen LogP contribution in [0.25, 0.3) is 0 Å². The van der Waals surface area contributed by atoms with Crippen LogP contribution >= 0.6 is 15.9 Å². The minimum Gasteiger partial charge on any atom is -0.337 e. The SMILES string of the molecule is CCNC(Cc1cc(F)ccc1Br)c1nccn1C. The molecule has 19 heavy (non-hydrogen) atoms. The summed E-state index contributed by atoms with van der Waals surface area (Å²) in [6, 6.07) is 4.84. The van der Waals surface area contributed by atoms with Gasteiger partial charge in [-0.2, -0.15) is 0 Å². The molecule has 0 saturated carbocycles. The van der Waals surface area contributed by atoms with Crippen LogP contribution in [0.2, 0.25) is 0 Å². The number of aromatic nitrogens is 2. The molecule has 0 fully saturated rings. The molecule has 0 amide bonds. The van der Waals surface area contributed by atoms with Crippen molar-refractivity contribution in [1.29, 1.82) is 0 Å². The van der Waals surface area contributed by atoms with Crippen LogP contribution in [0, 0.1) is 5.82 Å². The fourth-order valence-corrected chi connectivity index (χ4v) is 2.54. The molecule has 0 bridgehead atoms. The van der Waals surface area contributed by atoms with E-state index in [2.05, 4.69) is 33.2 Å². The molecule has 2 rings (SSSR count). The Kier molecular flexibility index (Phi) is 4.71. The van der Waals surface area contributed by atoms with Gasteiger partial charge in [-0.15, -0.1) is 0 Å². The molecule has 5 heteroatoms. The van der Waals surface area contributed by atoms with Crippen LogP contribution in [0.4, 0.5) is 4.39 Å². The molecule has 3 nitrogen and oxygen atoms in total. The molecule has 1 unspecified atom stereocenters. The van der Waals surface area contributed by atoms with E-state index in [0.717, 1.165) is 22.4 Å². The van der Waals surface area contributed by atoms with Gasteiger partial charge in [0, 0.05) is 23.9 Å². The van der Waals surface area contributed by atoms with Gasteiger partial charge in [0.25, 0.3) is 0 Å². The highest BCUT2D eigenvalue weighted by Crippen LogP contribution is 2.24. The molecule has 0 aliphatic heterocycles. The molecule has 1 heterocycles. The summed E-state index contributed by atoms with van der Waals surface area (Å²) in [6.07, 6.45) is 4.39. The van der Waals surface area contributed by atoms with Gasteiger partial charge in [0.2, 0.25) is 0 Å². The molecule has 102 valence electrons. The molecule has 0 aliphatic carbocycles. The molecule has 0 saturated heterocycles. The summed E-state index contributed by atoms with van der Waals surface area (Å²) in [5.41, 5.74) is 0.939. The number of hydrogen-bond donors (Lipinski definition) is 1. The minimum absolute atomic E-state index is 0.0723. The van der Waals surface area contributed by atoms with Crippen LogP contribution < -0.4 is 5.32 Å². The Labute approximate surface area is 121 Å². The van der Waals surface area contributed by atoms with Crippen molar-refractivity contribution >= 4 is 15.9 Å². The first kappa shape index (κ1) is 14.2. The average molecular weight is 326 g/mol. The standard InChI is InChI=1S/C14H17BrFN3/c1-3-17-13(14-18-6-7-19(14)2)9-10-8-11(16)4-5-12(10)15/h4-8,13,17H,3,9H2,1-2H3. The van der Waals surface area contributed by atoms with E-state index in [0.29, 0.717) is 6.42 Å². The zero-order chi connectivity index (χ0) is 13.8. The summed E-state index contributed by atoms with van der Waals surface area (Å²) >= 11 is 3.47. The van der Waals surface area contributed by atoms with Crippen molar-refractivity contribution in [2.75, 3.05) is 6.54 Å². The third kappa shape index (κ3) is 3.42.